The number of hydrogen-bond donors (Lipinski definition) is 0. The van der Waals surface area contributed by atoms with E-state index >= 15 is 0 Å². The Hall–Kier alpha value is -2.44. The third-order valence-corrected chi connectivity index (χ3v) is 2.46. The zero-order valence-corrected chi connectivity index (χ0v) is 9.86. The lowest BCUT2D eigenvalue weighted by Gasteiger charge is -2.18. The van der Waals surface area contributed by atoms with E-state index in [1.165, 1.54) is 24.1 Å². The third-order valence-electron chi connectivity index (χ3n) is 2.46. The minimum Gasteiger partial charge on any atom is -0.450 e. The third kappa shape index (κ3) is 2.15. The lowest BCUT2D eigenvalue weighted by molar-refractivity contribution is -0.384. The van der Waals surface area contributed by atoms with Crippen molar-refractivity contribution in [2.45, 2.75) is 20.1 Å². The molecule has 0 radical (unpaired) electrons. The highest BCUT2D eigenvalue weighted by Gasteiger charge is 2.30. The number of nitrogens with zero attached hydrogens (tertiary/aromatic N) is 3. The maximum atomic E-state index is 11.4. The first-order valence-electron chi connectivity index (χ1n) is 5.25. The number of hydrazone groups is 1. The Labute approximate surface area is 103 Å². The normalized spacial score (nSPS) is 18.2. The van der Waals surface area contributed by atoms with Crippen molar-refractivity contribution in [2.24, 2.45) is 5.10 Å². The van der Waals surface area contributed by atoms with Gasteiger partial charge in [0.2, 0.25) is 18.0 Å². The van der Waals surface area contributed by atoms with Crippen LogP contribution >= 0.6 is 0 Å². The number of nitro benzene ring substituents is 1. The number of amides is 1. The van der Waals surface area contributed by atoms with Crippen LogP contribution in [0.1, 0.15) is 25.6 Å². The minimum atomic E-state index is -0.650. The summed E-state index contributed by atoms with van der Waals surface area (Å²) >= 11 is 0. The molecular formula is C11H11N3O4. The van der Waals surface area contributed by atoms with E-state index in [0.29, 0.717) is 11.5 Å². The van der Waals surface area contributed by atoms with Crippen molar-refractivity contribution < 1.29 is 14.5 Å². The monoisotopic (exact) mass is 249 g/mol. The minimum absolute atomic E-state index is 0.0104. The molecule has 7 nitrogen and oxygen atoms in total. The molecule has 0 bridgehead atoms. The van der Waals surface area contributed by atoms with Gasteiger partial charge in [-0.2, -0.15) is 5.01 Å². The first-order chi connectivity index (χ1) is 8.49. The summed E-state index contributed by atoms with van der Waals surface area (Å²) in [6, 6.07) is 5.83. The van der Waals surface area contributed by atoms with E-state index in [4.69, 9.17) is 4.74 Å². The van der Waals surface area contributed by atoms with E-state index in [0.717, 1.165) is 0 Å². The summed E-state index contributed by atoms with van der Waals surface area (Å²) in [4.78, 5) is 21.4. The fraction of sp³-hybridized carbons (Fsp3) is 0.273. The molecule has 0 N–H and O–H groups in total. The molecule has 1 heterocycles. The van der Waals surface area contributed by atoms with Crippen LogP contribution in [0.15, 0.2) is 29.4 Å². The number of non-ortho nitro benzene ring substituents is 1. The van der Waals surface area contributed by atoms with Crippen LogP contribution in [0, 0.1) is 10.1 Å². The summed E-state index contributed by atoms with van der Waals surface area (Å²) < 4.78 is 5.41. The molecular weight excluding hydrogens is 238 g/mol. The van der Waals surface area contributed by atoms with Gasteiger partial charge in [0, 0.05) is 31.5 Å². The zero-order chi connectivity index (χ0) is 13.3. The van der Waals surface area contributed by atoms with Gasteiger partial charge in [0.15, 0.2) is 0 Å². The molecule has 1 atom stereocenters. The topological polar surface area (TPSA) is 85.0 Å². The smallest absolute Gasteiger partial charge is 0.269 e. The van der Waals surface area contributed by atoms with E-state index in [9.17, 15) is 14.9 Å². The zero-order valence-electron chi connectivity index (χ0n) is 9.86. The van der Waals surface area contributed by atoms with Gasteiger partial charge in [-0.3, -0.25) is 14.9 Å². The van der Waals surface area contributed by atoms with Crippen LogP contribution in [0.3, 0.4) is 0 Å². The van der Waals surface area contributed by atoms with Crippen LogP contribution in [0.2, 0.25) is 0 Å². The highest BCUT2D eigenvalue weighted by Crippen LogP contribution is 2.29. The SMILES string of the molecule is CC(=O)N1N=C(C)OC1c1ccc([N+](=O)[O-])cc1. The van der Waals surface area contributed by atoms with Crippen LogP contribution in [0.5, 0.6) is 0 Å². The second kappa shape index (κ2) is 4.44. The van der Waals surface area contributed by atoms with Crippen molar-refractivity contribution in [2.75, 3.05) is 0 Å². The average molecular weight is 249 g/mol. The Bertz CT molecular complexity index is 524. The molecule has 0 fully saturated rings. The summed E-state index contributed by atoms with van der Waals surface area (Å²) in [6.07, 6.45) is -0.650. The first-order valence-corrected chi connectivity index (χ1v) is 5.25. The van der Waals surface area contributed by atoms with Crippen LogP contribution < -0.4 is 0 Å². The van der Waals surface area contributed by atoms with Crippen LogP contribution in [0.4, 0.5) is 5.69 Å². The van der Waals surface area contributed by atoms with Crippen molar-refractivity contribution >= 4 is 17.5 Å². The predicted molar refractivity (Wildman–Crippen MR) is 62.6 cm³/mol. The molecule has 0 aliphatic carbocycles. The Morgan fingerprint density at radius 3 is 2.56 bits per heavy atom. The Kier molecular flexibility index (Phi) is 2.97. The Morgan fingerprint density at radius 1 is 1.44 bits per heavy atom. The van der Waals surface area contributed by atoms with Crippen LogP contribution in [-0.2, 0) is 9.53 Å². The molecule has 0 saturated heterocycles. The van der Waals surface area contributed by atoms with Crippen molar-refractivity contribution in [1.82, 2.24) is 5.01 Å². The highest BCUT2D eigenvalue weighted by atomic mass is 16.6. The molecule has 1 unspecified atom stereocenters. The molecule has 1 aromatic rings. The molecule has 1 aliphatic rings. The molecule has 0 aromatic heterocycles. The highest BCUT2D eigenvalue weighted by molar-refractivity contribution is 5.81. The van der Waals surface area contributed by atoms with E-state index in [1.54, 1.807) is 19.1 Å². The molecule has 7 heteroatoms. The van der Waals surface area contributed by atoms with E-state index in [1.807, 2.05) is 0 Å². The lowest BCUT2D eigenvalue weighted by Crippen LogP contribution is -2.25. The fourth-order valence-corrected chi connectivity index (χ4v) is 1.64. The predicted octanol–water partition coefficient (Wildman–Crippen LogP) is 1.81. The first kappa shape index (κ1) is 12.0. The van der Waals surface area contributed by atoms with Gasteiger partial charge in [-0.25, -0.2) is 0 Å². The van der Waals surface area contributed by atoms with Crippen molar-refractivity contribution in [3.05, 3.63) is 39.9 Å². The summed E-state index contributed by atoms with van der Waals surface area (Å²) in [5.41, 5.74) is 0.625. The molecule has 1 amide bonds. The largest absolute Gasteiger partial charge is 0.450 e. The second-order valence-electron chi connectivity index (χ2n) is 3.80. The lowest BCUT2D eigenvalue weighted by atomic mass is 10.2. The number of benzene rings is 1. The van der Waals surface area contributed by atoms with Gasteiger partial charge < -0.3 is 4.74 Å². The van der Waals surface area contributed by atoms with E-state index < -0.39 is 11.2 Å². The fourth-order valence-electron chi connectivity index (χ4n) is 1.64. The summed E-state index contributed by atoms with van der Waals surface area (Å²) in [5.74, 6) is 0.128. The summed E-state index contributed by atoms with van der Waals surface area (Å²) in [5, 5.41) is 15.7. The number of carbonyl (C=O) groups excluding carboxylic acids is 1. The molecule has 18 heavy (non-hydrogen) atoms. The van der Waals surface area contributed by atoms with Crippen LogP contribution in [-0.4, -0.2) is 21.7 Å². The van der Waals surface area contributed by atoms with Gasteiger partial charge in [-0.15, -0.1) is 5.10 Å². The van der Waals surface area contributed by atoms with Gasteiger partial charge in [0.25, 0.3) is 5.69 Å². The molecule has 2 rings (SSSR count). The van der Waals surface area contributed by atoms with Gasteiger partial charge in [0.05, 0.1) is 4.92 Å². The molecule has 0 spiro atoms. The molecule has 1 aliphatic heterocycles. The van der Waals surface area contributed by atoms with Crippen molar-refractivity contribution in [1.29, 1.82) is 0 Å². The van der Waals surface area contributed by atoms with Crippen LogP contribution in [0.25, 0.3) is 0 Å². The summed E-state index contributed by atoms with van der Waals surface area (Å²) in [7, 11) is 0. The number of hydrogen-bond acceptors (Lipinski definition) is 5. The molecule has 94 valence electrons. The number of nitro groups is 1. The number of rotatable bonds is 2. The number of ether oxygens (including phenoxy) is 1. The van der Waals surface area contributed by atoms with E-state index in [2.05, 4.69) is 5.10 Å². The van der Waals surface area contributed by atoms with Gasteiger partial charge in [-0.05, 0) is 12.1 Å². The molecule has 0 saturated carbocycles. The van der Waals surface area contributed by atoms with E-state index in [-0.39, 0.29) is 11.6 Å². The van der Waals surface area contributed by atoms with Crippen molar-refractivity contribution in [3.8, 4) is 0 Å². The Morgan fingerprint density at radius 2 is 2.06 bits per heavy atom. The van der Waals surface area contributed by atoms with Gasteiger partial charge in [0.1, 0.15) is 0 Å². The maximum Gasteiger partial charge on any atom is 0.269 e. The second-order valence-corrected chi connectivity index (χ2v) is 3.80. The van der Waals surface area contributed by atoms with Gasteiger partial charge >= 0.3 is 0 Å². The van der Waals surface area contributed by atoms with Crippen molar-refractivity contribution in [3.63, 3.8) is 0 Å². The average Bonchev–Trinajstić information content (AvgIpc) is 2.71. The number of carbonyl (C=O) groups is 1. The quantitative estimate of drug-likeness (QED) is 0.590. The van der Waals surface area contributed by atoms with Gasteiger partial charge in [-0.1, -0.05) is 0 Å². The Balaban J connectivity index is 2.26. The standard InChI is InChI=1S/C11H11N3O4/c1-7-12-13(8(2)15)11(18-7)9-3-5-10(6-4-9)14(16)17/h3-6,11H,1-2H3. The maximum absolute atomic E-state index is 11.4. The summed E-state index contributed by atoms with van der Waals surface area (Å²) in [6.45, 7) is 3.02. The molecule has 1 aromatic carbocycles.